The highest BCUT2D eigenvalue weighted by Gasteiger charge is 2.41. The molecular formula is C17H17ClF2N4O. The molecule has 2 atom stereocenters. The maximum Gasteiger partial charge on any atom is 0.225 e. The zero-order valence-electron chi connectivity index (χ0n) is 13.4. The summed E-state index contributed by atoms with van der Waals surface area (Å²) < 4.78 is 32.6. The van der Waals surface area contributed by atoms with Crippen LogP contribution >= 0.6 is 11.6 Å². The third kappa shape index (κ3) is 3.44. The Bertz CT molecular complexity index is 761. The lowest BCUT2D eigenvalue weighted by Gasteiger charge is -2.36. The predicted octanol–water partition coefficient (Wildman–Crippen LogP) is 2.50. The molecule has 2 fully saturated rings. The third-order valence-corrected chi connectivity index (χ3v) is 4.94. The van der Waals surface area contributed by atoms with Crippen LogP contribution in [0.3, 0.4) is 0 Å². The van der Waals surface area contributed by atoms with Gasteiger partial charge in [-0.25, -0.2) is 18.7 Å². The Balaban J connectivity index is 1.48. The molecule has 2 aliphatic heterocycles. The van der Waals surface area contributed by atoms with E-state index in [4.69, 9.17) is 16.3 Å². The fourth-order valence-electron chi connectivity index (χ4n) is 3.49. The molecule has 0 radical (unpaired) electrons. The van der Waals surface area contributed by atoms with E-state index < -0.39 is 11.6 Å². The monoisotopic (exact) mass is 366 g/mol. The lowest BCUT2D eigenvalue weighted by atomic mass is 10.1. The van der Waals surface area contributed by atoms with Gasteiger partial charge in [0.05, 0.1) is 36.2 Å². The highest BCUT2D eigenvalue weighted by molar-refractivity contribution is 6.30. The van der Waals surface area contributed by atoms with Crippen LogP contribution in [0.15, 0.2) is 30.6 Å². The van der Waals surface area contributed by atoms with Crippen LogP contribution in [0.5, 0.6) is 0 Å². The summed E-state index contributed by atoms with van der Waals surface area (Å²) in [5.74, 6) is -0.348. The van der Waals surface area contributed by atoms with Crippen molar-refractivity contribution in [1.82, 2.24) is 14.9 Å². The lowest BCUT2D eigenvalue weighted by Crippen LogP contribution is -2.51. The van der Waals surface area contributed by atoms with Crippen molar-refractivity contribution in [3.8, 4) is 0 Å². The van der Waals surface area contributed by atoms with Crippen molar-refractivity contribution >= 4 is 17.5 Å². The molecule has 0 spiro atoms. The van der Waals surface area contributed by atoms with Gasteiger partial charge in [0.2, 0.25) is 5.95 Å². The summed E-state index contributed by atoms with van der Waals surface area (Å²) in [5, 5.41) is 0.127. The van der Waals surface area contributed by atoms with E-state index in [-0.39, 0.29) is 17.2 Å². The number of aromatic nitrogens is 2. The molecule has 0 unspecified atom stereocenters. The second kappa shape index (κ2) is 6.82. The first-order valence-electron chi connectivity index (χ1n) is 8.12. The number of fused-ring (bicyclic) bond motifs is 1. The van der Waals surface area contributed by atoms with E-state index in [0.717, 1.165) is 18.7 Å². The third-order valence-electron chi connectivity index (χ3n) is 4.63. The number of hydrogen-bond donors (Lipinski definition) is 0. The van der Waals surface area contributed by atoms with Gasteiger partial charge in [0.15, 0.2) is 5.82 Å². The highest BCUT2D eigenvalue weighted by atomic mass is 35.5. The van der Waals surface area contributed by atoms with Crippen molar-refractivity contribution in [2.75, 3.05) is 31.1 Å². The number of likely N-dealkylation sites (tertiary alicyclic amines) is 1. The van der Waals surface area contributed by atoms with Gasteiger partial charge in [-0.3, -0.25) is 4.90 Å². The highest BCUT2D eigenvalue weighted by Crippen LogP contribution is 2.27. The molecule has 132 valence electrons. The van der Waals surface area contributed by atoms with Crippen LogP contribution in [0.4, 0.5) is 14.7 Å². The fourth-order valence-corrected chi connectivity index (χ4v) is 3.61. The number of anilines is 1. The molecule has 4 rings (SSSR count). The Morgan fingerprint density at radius 1 is 1.20 bits per heavy atom. The van der Waals surface area contributed by atoms with Crippen LogP contribution in [-0.4, -0.2) is 53.3 Å². The predicted molar refractivity (Wildman–Crippen MR) is 89.6 cm³/mol. The van der Waals surface area contributed by atoms with Crippen LogP contribution in [0.1, 0.15) is 5.56 Å². The summed E-state index contributed by atoms with van der Waals surface area (Å²) in [7, 11) is 0. The number of benzene rings is 1. The minimum absolute atomic E-state index is 0.0274. The largest absolute Gasteiger partial charge is 0.373 e. The molecule has 0 aliphatic carbocycles. The van der Waals surface area contributed by atoms with E-state index in [1.165, 1.54) is 18.5 Å². The van der Waals surface area contributed by atoms with Gasteiger partial charge in [-0.15, -0.1) is 0 Å². The van der Waals surface area contributed by atoms with E-state index in [1.807, 2.05) is 6.07 Å². The summed E-state index contributed by atoms with van der Waals surface area (Å²) in [6, 6.07) is 4.96. The van der Waals surface area contributed by atoms with Gasteiger partial charge in [0.25, 0.3) is 0 Å². The van der Waals surface area contributed by atoms with Gasteiger partial charge >= 0.3 is 0 Å². The van der Waals surface area contributed by atoms with Crippen LogP contribution in [0, 0.1) is 11.6 Å². The first-order chi connectivity index (χ1) is 12.1. The van der Waals surface area contributed by atoms with Gasteiger partial charge < -0.3 is 9.64 Å². The molecule has 25 heavy (non-hydrogen) atoms. The molecule has 3 heterocycles. The number of morpholine rings is 1. The maximum atomic E-state index is 13.6. The summed E-state index contributed by atoms with van der Waals surface area (Å²) in [6.07, 6.45) is 2.38. The molecule has 2 aliphatic rings. The molecule has 0 bridgehead atoms. The second-order valence-electron chi connectivity index (χ2n) is 6.31. The van der Waals surface area contributed by atoms with E-state index in [0.29, 0.717) is 25.6 Å². The van der Waals surface area contributed by atoms with Gasteiger partial charge in [0, 0.05) is 26.2 Å². The fraction of sp³-hybridized carbons (Fsp3) is 0.412. The van der Waals surface area contributed by atoms with Gasteiger partial charge in [-0.2, -0.15) is 0 Å². The Morgan fingerprint density at radius 2 is 2.00 bits per heavy atom. The van der Waals surface area contributed by atoms with E-state index in [9.17, 15) is 8.78 Å². The quantitative estimate of drug-likeness (QED) is 0.835. The first kappa shape index (κ1) is 16.6. The summed E-state index contributed by atoms with van der Waals surface area (Å²) >= 11 is 5.74. The molecule has 2 aromatic rings. The van der Waals surface area contributed by atoms with Crippen LogP contribution in [-0.2, 0) is 11.3 Å². The molecule has 5 nitrogen and oxygen atoms in total. The van der Waals surface area contributed by atoms with Crippen LogP contribution in [0.25, 0.3) is 0 Å². The Morgan fingerprint density at radius 3 is 2.76 bits per heavy atom. The number of halogens is 3. The second-order valence-corrected chi connectivity index (χ2v) is 6.72. The van der Waals surface area contributed by atoms with Crippen molar-refractivity contribution in [2.45, 2.75) is 18.7 Å². The van der Waals surface area contributed by atoms with E-state index in [2.05, 4.69) is 19.8 Å². The van der Waals surface area contributed by atoms with Crippen molar-refractivity contribution < 1.29 is 13.5 Å². The Kier molecular flexibility index (Phi) is 4.54. The average molecular weight is 367 g/mol. The number of nitrogens with zero attached hydrogens (tertiary/aromatic N) is 4. The molecule has 0 saturated carbocycles. The molecule has 0 amide bonds. The summed E-state index contributed by atoms with van der Waals surface area (Å²) in [4.78, 5) is 12.5. The topological polar surface area (TPSA) is 41.5 Å². The van der Waals surface area contributed by atoms with Crippen molar-refractivity contribution in [3.63, 3.8) is 0 Å². The zero-order valence-corrected chi connectivity index (χ0v) is 14.2. The maximum absolute atomic E-state index is 13.6. The molecule has 1 aromatic carbocycles. The van der Waals surface area contributed by atoms with Crippen molar-refractivity contribution in [2.24, 2.45) is 0 Å². The lowest BCUT2D eigenvalue weighted by molar-refractivity contribution is 0.0300. The van der Waals surface area contributed by atoms with Crippen LogP contribution in [0.2, 0.25) is 5.02 Å². The average Bonchev–Trinajstić information content (AvgIpc) is 3.01. The van der Waals surface area contributed by atoms with Gasteiger partial charge in [-0.05, 0) is 17.7 Å². The van der Waals surface area contributed by atoms with Crippen LogP contribution < -0.4 is 4.90 Å². The summed E-state index contributed by atoms with van der Waals surface area (Å²) in [5.41, 5.74) is 0.866. The smallest absolute Gasteiger partial charge is 0.225 e. The number of hydrogen-bond acceptors (Lipinski definition) is 5. The first-order valence-corrected chi connectivity index (χ1v) is 8.50. The molecule has 1 aromatic heterocycles. The van der Waals surface area contributed by atoms with Crippen molar-refractivity contribution in [1.29, 1.82) is 0 Å². The minimum Gasteiger partial charge on any atom is -0.373 e. The minimum atomic E-state index is -0.452. The molecule has 2 saturated heterocycles. The standard InChI is InChI=1S/C17H17ClF2N4O/c18-13-2-1-11(5-14(13)20)8-23-9-15-16(10-23)25-4-3-24(15)17-21-6-12(19)7-22-17/h1-2,5-7,15-16H,3-4,8-10H2/t15-,16+/m0/s1. The normalized spacial score (nSPS) is 23.7. The number of ether oxygens (including phenoxy) is 1. The van der Waals surface area contributed by atoms with Gasteiger partial charge in [-0.1, -0.05) is 17.7 Å². The molecular weight excluding hydrogens is 350 g/mol. The number of rotatable bonds is 3. The van der Waals surface area contributed by atoms with Crippen molar-refractivity contribution in [3.05, 3.63) is 52.8 Å². The molecule has 8 heteroatoms. The van der Waals surface area contributed by atoms with E-state index in [1.54, 1.807) is 6.07 Å². The van der Waals surface area contributed by atoms with Gasteiger partial charge in [0.1, 0.15) is 5.82 Å². The SMILES string of the molecule is Fc1cnc(N2CCO[C@@H]3CN(Cc4ccc(Cl)c(F)c4)C[C@@H]32)nc1. The zero-order chi connectivity index (χ0) is 17.4. The molecule has 0 N–H and O–H groups in total. The van der Waals surface area contributed by atoms with E-state index >= 15 is 0 Å². The Hall–Kier alpha value is -1.83. The Labute approximate surface area is 149 Å². The summed E-state index contributed by atoms with van der Waals surface area (Å²) in [6.45, 7) is 3.34.